The summed E-state index contributed by atoms with van der Waals surface area (Å²) in [4.78, 5) is 43.3. The summed E-state index contributed by atoms with van der Waals surface area (Å²) in [5.74, 6) is -1.56. The van der Waals surface area contributed by atoms with Gasteiger partial charge in [-0.25, -0.2) is 0 Å². The maximum Gasteiger partial charge on any atom is 0.280 e. The van der Waals surface area contributed by atoms with Crippen LogP contribution in [-0.2, 0) is 4.79 Å². The number of hydrogen-bond donors (Lipinski definition) is 0. The second kappa shape index (κ2) is 6.00. The van der Waals surface area contributed by atoms with E-state index in [9.17, 15) is 29.8 Å². The summed E-state index contributed by atoms with van der Waals surface area (Å²) >= 11 is 0. The molecule has 0 spiro atoms. The zero-order valence-electron chi connectivity index (χ0n) is 10.9. The zero-order valence-corrected chi connectivity index (χ0v) is 10.9. The first-order chi connectivity index (χ1) is 9.23. The van der Waals surface area contributed by atoms with Crippen LogP contribution in [0.1, 0.15) is 30.6 Å². The third-order valence-electron chi connectivity index (χ3n) is 2.67. The molecule has 0 saturated heterocycles. The van der Waals surface area contributed by atoms with Crippen LogP contribution in [0.5, 0.6) is 0 Å². The number of non-ortho nitro benzene ring substituents is 1. The summed E-state index contributed by atoms with van der Waals surface area (Å²) < 4.78 is 0. The lowest BCUT2D eigenvalue weighted by Gasteiger charge is -2.04. The number of carbonyl (C=O) groups excluding carboxylic acids is 2. The van der Waals surface area contributed by atoms with Gasteiger partial charge in [-0.05, 0) is 0 Å². The predicted molar refractivity (Wildman–Crippen MR) is 68.5 cm³/mol. The Morgan fingerprint density at radius 1 is 1.15 bits per heavy atom. The van der Waals surface area contributed by atoms with Crippen molar-refractivity contribution in [2.75, 3.05) is 0 Å². The van der Waals surface area contributed by atoms with Crippen LogP contribution in [0.3, 0.4) is 0 Å². The highest BCUT2D eigenvalue weighted by atomic mass is 16.6. The lowest BCUT2D eigenvalue weighted by atomic mass is 9.98. The summed E-state index contributed by atoms with van der Waals surface area (Å²) in [6.07, 6.45) is -0.514. The maximum atomic E-state index is 11.9. The number of Topliss-reactive ketones (excluding diaryl/α,β-unsaturated/α-hetero) is 2. The van der Waals surface area contributed by atoms with Gasteiger partial charge in [0, 0.05) is 24.1 Å². The minimum atomic E-state index is -0.809. The highest BCUT2D eigenvalue weighted by Crippen LogP contribution is 2.25. The van der Waals surface area contributed by atoms with Gasteiger partial charge in [0.15, 0.2) is 5.78 Å². The molecule has 0 aliphatic heterocycles. The van der Waals surface area contributed by atoms with Crippen molar-refractivity contribution in [3.63, 3.8) is 0 Å². The van der Waals surface area contributed by atoms with E-state index in [1.54, 1.807) is 13.8 Å². The molecule has 20 heavy (non-hydrogen) atoms. The summed E-state index contributed by atoms with van der Waals surface area (Å²) in [7, 11) is 0. The average molecular weight is 280 g/mol. The van der Waals surface area contributed by atoms with Crippen LogP contribution < -0.4 is 0 Å². The topological polar surface area (TPSA) is 120 Å². The van der Waals surface area contributed by atoms with Crippen LogP contribution in [-0.4, -0.2) is 21.4 Å². The number of nitrogens with zero attached hydrogens (tertiary/aromatic N) is 2. The van der Waals surface area contributed by atoms with E-state index in [-0.39, 0.29) is 5.78 Å². The lowest BCUT2D eigenvalue weighted by molar-refractivity contribution is -0.389. The number of nitro groups is 2. The standard InChI is InChI=1S/C12H12N2O6/c1-7(2)11(15)6-12(16)9-5-8(13(17)18)3-4-10(9)14(19)20/h3-5,7H,6H2,1-2H3. The summed E-state index contributed by atoms with van der Waals surface area (Å²) in [5, 5.41) is 21.5. The molecule has 0 heterocycles. The Hall–Kier alpha value is -2.64. The van der Waals surface area contributed by atoms with E-state index < -0.39 is 44.9 Å². The number of hydrogen-bond acceptors (Lipinski definition) is 6. The second-order valence-electron chi connectivity index (χ2n) is 4.44. The molecule has 0 aliphatic carbocycles. The molecule has 0 amide bonds. The normalized spacial score (nSPS) is 10.3. The van der Waals surface area contributed by atoms with Gasteiger partial charge in [0.05, 0.1) is 16.3 Å². The molecule has 1 aromatic rings. The fraction of sp³-hybridized carbons (Fsp3) is 0.333. The minimum Gasteiger partial charge on any atom is -0.299 e. The van der Waals surface area contributed by atoms with Crippen molar-refractivity contribution in [3.8, 4) is 0 Å². The van der Waals surface area contributed by atoms with E-state index in [2.05, 4.69) is 0 Å². The molecule has 0 atom stereocenters. The van der Waals surface area contributed by atoms with Gasteiger partial charge < -0.3 is 0 Å². The first-order valence-corrected chi connectivity index (χ1v) is 5.72. The Labute approximate surface area is 113 Å². The van der Waals surface area contributed by atoms with Crippen molar-refractivity contribution >= 4 is 22.9 Å². The Bertz CT molecular complexity index is 594. The zero-order chi connectivity index (χ0) is 15.4. The van der Waals surface area contributed by atoms with Crippen LogP contribution in [0, 0.1) is 26.1 Å². The monoisotopic (exact) mass is 280 g/mol. The van der Waals surface area contributed by atoms with Gasteiger partial charge in [-0.2, -0.15) is 0 Å². The summed E-state index contributed by atoms with van der Waals surface area (Å²) in [6, 6.07) is 2.67. The maximum absolute atomic E-state index is 11.9. The number of carbonyl (C=O) groups is 2. The molecule has 0 radical (unpaired) electrons. The summed E-state index contributed by atoms with van der Waals surface area (Å²) in [6.45, 7) is 3.19. The highest BCUT2D eigenvalue weighted by Gasteiger charge is 2.25. The van der Waals surface area contributed by atoms with Crippen molar-refractivity contribution in [1.29, 1.82) is 0 Å². The Balaban J connectivity index is 3.22. The average Bonchev–Trinajstić information content (AvgIpc) is 2.37. The highest BCUT2D eigenvalue weighted by molar-refractivity contribution is 6.10. The van der Waals surface area contributed by atoms with Crippen molar-refractivity contribution in [2.45, 2.75) is 20.3 Å². The quantitative estimate of drug-likeness (QED) is 0.341. The Morgan fingerprint density at radius 2 is 1.75 bits per heavy atom. The van der Waals surface area contributed by atoms with E-state index in [1.165, 1.54) is 0 Å². The van der Waals surface area contributed by atoms with Crippen molar-refractivity contribution in [3.05, 3.63) is 44.0 Å². The first kappa shape index (κ1) is 15.4. The van der Waals surface area contributed by atoms with Crippen LogP contribution in [0.2, 0.25) is 0 Å². The van der Waals surface area contributed by atoms with Crippen molar-refractivity contribution in [2.24, 2.45) is 5.92 Å². The fourth-order valence-electron chi connectivity index (χ4n) is 1.48. The van der Waals surface area contributed by atoms with Gasteiger partial charge in [0.2, 0.25) is 0 Å². The molecule has 0 unspecified atom stereocenters. The lowest BCUT2D eigenvalue weighted by Crippen LogP contribution is -2.14. The SMILES string of the molecule is CC(C)C(=O)CC(=O)c1cc([N+](=O)[O-])ccc1[N+](=O)[O-]. The Morgan fingerprint density at radius 3 is 2.20 bits per heavy atom. The van der Waals surface area contributed by atoms with Gasteiger partial charge in [0.25, 0.3) is 11.4 Å². The van der Waals surface area contributed by atoms with Crippen LogP contribution in [0.4, 0.5) is 11.4 Å². The molecule has 0 aromatic heterocycles. The molecule has 0 aliphatic rings. The van der Waals surface area contributed by atoms with E-state index in [0.717, 1.165) is 18.2 Å². The predicted octanol–water partition coefficient (Wildman–Crippen LogP) is 2.30. The smallest absolute Gasteiger partial charge is 0.280 e. The summed E-state index contributed by atoms with van der Waals surface area (Å²) in [5.41, 5.74) is -1.40. The third-order valence-corrected chi connectivity index (χ3v) is 2.67. The minimum absolute atomic E-state index is 0.379. The number of benzene rings is 1. The van der Waals surface area contributed by atoms with Crippen molar-refractivity contribution in [1.82, 2.24) is 0 Å². The van der Waals surface area contributed by atoms with Gasteiger partial charge >= 0.3 is 0 Å². The number of ketones is 2. The molecule has 106 valence electrons. The van der Waals surface area contributed by atoms with E-state index in [1.807, 2.05) is 0 Å². The van der Waals surface area contributed by atoms with Gasteiger partial charge in [-0.15, -0.1) is 0 Å². The largest absolute Gasteiger partial charge is 0.299 e. The van der Waals surface area contributed by atoms with Crippen LogP contribution in [0.15, 0.2) is 18.2 Å². The van der Waals surface area contributed by atoms with E-state index >= 15 is 0 Å². The second-order valence-corrected chi connectivity index (χ2v) is 4.44. The fourth-order valence-corrected chi connectivity index (χ4v) is 1.48. The molecule has 0 fully saturated rings. The number of nitro benzene ring substituents is 2. The molecular weight excluding hydrogens is 268 g/mol. The molecule has 0 saturated carbocycles. The first-order valence-electron chi connectivity index (χ1n) is 5.72. The molecule has 0 N–H and O–H groups in total. The van der Waals surface area contributed by atoms with E-state index in [0.29, 0.717) is 0 Å². The molecule has 0 bridgehead atoms. The van der Waals surface area contributed by atoms with Gasteiger partial charge in [-0.3, -0.25) is 29.8 Å². The number of rotatable bonds is 6. The third kappa shape index (κ3) is 3.44. The van der Waals surface area contributed by atoms with Crippen molar-refractivity contribution < 1.29 is 19.4 Å². The van der Waals surface area contributed by atoms with Gasteiger partial charge in [-0.1, -0.05) is 13.8 Å². The molecule has 8 nitrogen and oxygen atoms in total. The Kier molecular flexibility index (Phi) is 4.63. The molecule has 1 rings (SSSR count). The van der Waals surface area contributed by atoms with Crippen LogP contribution >= 0.6 is 0 Å². The van der Waals surface area contributed by atoms with Gasteiger partial charge in [0.1, 0.15) is 11.3 Å². The molecule has 1 aromatic carbocycles. The molecule has 8 heteroatoms. The van der Waals surface area contributed by atoms with E-state index in [4.69, 9.17) is 0 Å². The van der Waals surface area contributed by atoms with Crippen LogP contribution in [0.25, 0.3) is 0 Å². The molecular formula is C12H12N2O6.